The Labute approximate surface area is 430 Å². The highest BCUT2D eigenvalue weighted by atomic mass is 16.5. The molecule has 3 saturated heterocycles. The number of ether oxygens (including phenoxy) is 3. The van der Waals surface area contributed by atoms with Crippen molar-refractivity contribution in [1.29, 1.82) is 0 Å². The summed E-state index contributed by atoms with van der Waals surface area (Å²) in [6.45, 7) is 8.11. The molecule has 3 fully saturated rings. The number of hydrogen-bond donors (Lipinski definition) is 1. The van der Waals surface area contributed by atoms with Gasteiger partial charge in [-0.1, -0.05) is 140 Å². The minimum atomic E-state index is -0.724. The van der Waals surface area contributed by atoms with Gasteiger partial charge in [0.1, 0.15) is 17.2 Å². The molecule has 0 spiro atoms. The monoisotopic (exact) mass is 975 g/mol. The molecule has 0 radical (unpaired) electrons. The van der Waals surface area contributed by atoms with Crippen LogP contribution in [0.1, 0.15) is 57.2 Å². The molecule has 4 atom stereocenters. The molecule has 3 aliphatic rings. The number of amides is 3. The average molecular weight is 976 g/mol. The molecule has 3 aliphatic heterocycles. The maximum Gasteiger partial charge on any atom is 0.239 e. The Kier molecular flexibility index (Phi) is 16.4. The van der Waals surface area contributed by atoms with E-state index in [0.717, 1.165) is 76.2 Å². The molecular weight excluding hydrogens is 911 g/mol. The fourth-order valence-electron chi connectivity index (χ4n) is 9.96. The lowest BCUT2D eigenvalue weighted by Crippen LogP contribution is -2.40. The van der Waals surface area contributed by atoms with Crippen molar-refractivity contribution in [1.82, 2.24) is 0 Å². The Hall–Kier alpha value is -8.18. The van der Waals surface area contributed by atoms with Gasteiger partial charge in [-0.2, -0.15) is 0 Å². The van der Waals surface area contributed by atoms with Gasteiger partial charge in [0.25, 0.3) is 0 Å². The van der Waals surface area contributed by atoms with Gasteiger partial charge in [0, 0.05) is 31.2 Å². The van der Waals surface area contributed by atoms with E-state index in [4.69, 9.17) is 19.2 Å². The first-order valence-corrected chi connectivity index (χ1v) is 24.9. The van der Waals surface area contributed by atoms with E-state index in [-0.39, 0.29) is 29.7 Å². The zero-order chi connectivity index (χ0) is 51.4. The van der Waals surface area contributed by atoms with Gasteiger partial charge >= 0.3 is 0 Å². The van der Waals surface area contributed by atoms with E-state index >= 15 is 0 Å². The van der Waals surface area contributed by atoms with Crippen molar-refractivity contribution in [2.75, 3.05) is 61.0 Å². The number of carbonyl (C=O) groups excluding carboxylic acids is 3. The van der Waals surface area contributed by atoms with E-state index < -0.39 is 10.8 Å². The second-order valence-electron chi connectivity index (χ2n) is 18.9. The number of aliphatic imine (C=N–C) groups is 1. The van der Waals surface area contributed by atoms with Gasteiger partial charge in [-0.25, -0.2) is 0 Å². The first kappa shape index (κ1) is 51.2. The summed E-state index contributed by atoms with van der Waals surface area (Å²) in [4.78, 5) is 49.7. The SMILES string of the molecule is COc1ccccc1N1CCC(C)C1=O.COc1ccccc1N1CC[C@@](C)(C(=Nc2ccccc2)c2ccccc2)C1=O.COc1ccccc1N1CC[C@@](C)(C(Nc2ccccc2)c2ccccc2)C1=O. The first-order valence-electron chi connectivity index (χ1n) is 24.9. The highest BCUT2D eigenvalue weighted by Crippen LogP contribution is 2.47. The van der Waals surface area contributed by atoms with Gasteiger partial charge in [-0.3, -0.25) is 19.4 Å². The molecule has 7 aromatic carbocycles. The van der Waals surface area contributed by atoms with E-state index in [1.807, 2.05) is 211 Å². The molecule has 1 N–H and O–H groups in total. The smallest absolute Gasteiger partial charge is 0.239 e. The molecule has 3 heterocycles. The third-order valence-corrected chi connectivity index (χ3v) is 14.2. The molecule has 3 amide bonds. The third kappa shape index (κ3) is 11.2. The van der Waals surface area contributed by atoms with E-state index in [0.29, 0.717) is 25.3 Å². The van der Waals surface area contributed by atoms with Crippen LogP contribution in [0.15, 0.2) is 199 Å². The number of methoxy groups -OCH3 is 3. The van der Waals surface area contributed by atoms with Crippen LogP contribution in [0.4, 0.5) is 28.4 Å². The molecular formula is C62H65N5O6. The largest absolute Gasteiger partial charge is 0.495 e. The van der Waals surface area contributed by atoms with Crippen LogP contribution in [-0.2, 0) is 14.4 Å². The number of nitrogens with one attached hydrogen (secondary N) is 1. The normalized spacial score (nSPS) is 19.9. The second kappa shape index (κ2) is 23.4. The Morgan fingerprint density at radius 1 is 0.534 bits per heavy atom. The van der Waals surface area contributed by atoms with Crippen LogP contribution >= 0.6 is 0 Å². The van der Waals surface area contributed by atoms with Gasteiger partial charge in [0.2, 0.25) is 17.7 Å². The number of carbonyl (C=O) groups is 3. The predicted octanol–water partition coefficient (Wildman–Crippen LogP) is 12.6. The van der Waals surface area contributed by atoms with Crippen LogP contribution < -0.4 is 34.2 Å². The van der Waals surface area contributed by atoms with Crippen molar-refractivity contribution in [3.05, 3.63) is 205 Å². The van der Waals surface area contributed by atoms with Crippen LogP contribution in [0.25, 0.3) is 0 Å². The second-order valence-corrected chi connectivity index (χ2v) is 18.9. The molecule has 0 bridgehead atoms. The van der Waals surface area contributed by atoms with Crippen molar-refractivity contribution in [2.45, 2.75) is 46.1 Å². The summed E-state index contributed by atoms with van der Waals surface area (Å²) in [6.07, 6.45) is 2.37. The van der Waals surface area contributed by atoms with Crippen molar-refractivity contribution in [3.63, 3.8) is 0 Å². The molecule has 374 valence electrons. The molecule has 0 aromatic heterocycles. The summed E-state index contributed by atoms with van der Waals surface area (Å²) in [6, 6.07) is 63.0. The Morgan fingerprint density at radius 3 is 1.48 bits per heavy atom. The molecule has 11 nitrogen and oxygen atoms in total. The summed E-state index contributed by atoms with van der Waals surface area (Å²) in [7, 11) is 4.90. The van der Waals surface area contributed by atoms with Gasteiger partial charge < -0.3 is 34.2 Å². The Balaban J connectivity index is 0.000000154. The van der Waals surface area contributed by atoms with E-state index in [2.05, 4.69) is 24.4 Å². The highest BCUT2D eigenvalue weighted by Gasteiger charge is 2.50. The zero-order valence-electron chi connectivity index (χ0n) is 42.6. The zero-order valence-corrected chi connectivity index (χ0v) is 42.6. The summed E-state index contributed by atoms with van der Waals surface area (Å²) in [5.74, 6) is 2.66. The Morgan fingerprint density at radius 2 is 0.973 bits per heavy atom. The molecule has 0 aliphatic carbocycles. The van der Waals surface area contributed by atoms with E-state index in [1.54, 1.807) is 21.3 Å². The highest BCUT2D eigenvalue weighted by molar-refractivity contribution is 6.22. The lowest BCUT2D eigenvalue weighted by atomic mass is 9.77. The van der Waals surface area contributed by atoms with Crippen molar-refractivity contribution < 1.29 is 28.6 Å². The van der Waals surface area contributed by atoms with Crippen LogP contribution in [0, 0.1) is 16.7 Å². The lowest BCUT2D eigenvalue weighted by Gasteiger charge is -2.34. The summed E-state index contributed by atoms with van der Waals surface area (Å²) in [5.41, 5.74) is 5.92. The van der Waals surface area contributed by atoms with Gasteiger partial charge in [0.05, 0.1) is 66.7 Å². The number of hydrogen-bond acceptors (Lipinski definition) is 8. The van der Waals surface area contributed by atoms with E-state index in [1.165, 1.54) is 0 Å². The lowest BCUT2D eigenvalue weighted by molar-refractivity contribution is -0.125. The molecule has 73 heavy (non-hydrogen) atoms. The fourth-order valence-corrected chi connectivity index (χ4v) is 9.96. The minimum absolute atomic E-state index is 0.0422. The standard InChI is InChI=1S/C25H26N2O2.C25H24N2O2.C12H15NO2/c2*1-25(17-18-27(24(25)28)21-15-9-10-16-22(21)29-2)23(19-11-5-3-6-12-19)26-20-13-7-4-8-14-20;1-9-7-8-13(12(9)14)10-5-3-4-6-11(10)15-2/h3-16,23,26H,17-18H2,1-2H3;3-16H,17-18H2,1-2H3;3-6,9H,7-8H2,1-2H3/t23?,25-;25-;/m00./s1. The minimum Gasteiger partial charge on any atom is -0.495 e. The topological polar surface area (TPSA) is 113 Å². The van der Waals surface area contributed by atoms with Gasteiger partial charge in [0.15, 0.2) is 0 Å². The van der Waals surface area contributed by atoms with Crippen LogP contribution in [0.2, 0.25) is 0 Å². The summed E-state index contributed by atoms with van der Waals surface area (Å²) >= 11 is 0. The summed E-state index contributed by atoms with van der Waals surface area (Å²) < 4.78 is 16.2. The molecule has 11 heteroatoms. The predicted molar refractivity (Wildman–Crippen MR) is 294 cm³/mol. The van der Waals surface area contributed by atoms with Crippen LogP contribution in [0.3, 0.4) is 0 Å². The van der Waals surface area contributed by atoms with Crippen LogP contribution in [-0.4, -0.2) is 64.4 Å². The average Bonchev–Trinajstić information content (AvgIpc) is 4.06. The number of rotatable bonds is 13. The molecule has 7 aromatic rings. The quantitative estimate of drug-likeness (QED) is 0.115. The summed E-state index contributed by atoms with van der Waals surface area (Å²) in [5, 5.41) is 3.63. The van der Waals surface area contributed by atoms with E-state index in [9.17, 15) is 14.4 Å². The van der Waals surface area contributed by atoms with Crippen molar-refractivity contribution in [2.24, 2.45) is 21.7 Å². The number of anilines is 4. The number of para-hydroxylation sites is 8. The van der Waals surface area contributed by atoms with Crippen molar-refractivity contribution in [3.8, 4) is 17.2 Å². The maximum absolute atomic E-state index is 13.7. The van der Waals surface area contributed by atoms with Gasteiger partial charge in [-0.15, -0.1) is 0 Å². The number of benzene rings is 7. The van der Waals surface area contributed by atoms with Gasteiger partial charge in [-0.05, 0) is 105 Å². The molecule has 0 saturated carbocycles. The maximum atomic E-state index is 13.7. The Bertz CT molecular complexity index is 2990. The molecule has 2 unspecified atom stereocenters. The van der Waals surface area contributed by atoms with Crippen molar-refractivity contribution >= 4 is 51.9 Å². The fraction of sp³-hybridized carbons (Fsp3) is 0.258. The first-order chi connectivity index (χ1) is 35.5. The molecule has 10 rings (SSSR count). The third-order valence-electron chi connectivity index (χ3n) is 14.2. The van der Waals surface area contributed by atoms with Crippen LogP contribution in [0.5, 0.6) is 17.2 Å². The number of nitrogens with zero attached hydrogens (tertiary/aromatic N) is 4.